The lowest BCUT2D eigenvalue weighted by Gasteiger charge is -2.03. The molecule has 0 aliphatic carbocycles. The molecule has 0 fully saturated rings. The summed E-state index contributed by atoms with van der Waals surface area (Å²) in [7, 11) is 1.90. The standard InChI is InChI=1S/C15H21N5O/c1-5-20-10-13(8-17-20)6-7-15(21)16-9-14-11(2)18-19(4)12(14)3/h6-8,10H,5,9H2,1-4H3,(H,16,21). The van der Waals surface area contributed by atoms with Gasteiger partial charge in [0, 0.05) is 49.2 Å². The smallest absolute Gasteiger partial charge is 0.244 e. The van der Waals surface area contributed by atoms with Crippen molar-refractivity contribution in [2.24, 2.45) is 7.05 Å². The van der Waals surface area contributed by atoms with Crippen LogP contribution in [0.25, 0.3) is 6.08 Å². The first kappa shape index (κ1) is 15.0. The van der Waals surface area contributed by atoms with Crippen LogP contribution in [0.2, 0.25) is 0 Å². The molecule has 2 aromatic heterocycles. The summed E-state index contributed by atoms with van der Waals surface area (Å²) in [5.74, 6) is -0.123. The first-order valence-electron chi connectivity index (χ1n) is 6.98. The number of aromatic nitrogens is 4. The zero-order valence-electron chi connectivity index (χ0n) is 12.9. The van der Waals surface area contributed by atoms with Crippen molar-refractivity contribution in [1.29, 1.82) is 0 Å². The third-order valence-corrected chi connectivity index (χ3v) is 3.50. The summed E-state index contributed by atoms with van der Waals surface area (Å²) in [5, 5.41) is 11.4. The van der Waals surface area contributed by atoms with Crippen LogP contribution in [0, 0.1) is 13.8 Å². The molecule has 0 unspecified atom stereocenters. The largest absolute Gasteiger partial charge is 0.348 e. The minimum absolute atomic E-state index is 0.123. The first-order chi connectivity index (χ1) is 10.0. The van der Waals surface area contributed by atoms with E-state index in [2.05, 4.69) is 15.5 Å². The Balaban J connectivity index is 1.93. The number of nitrogens with one attached hydrogen (secondary N) is 1. The molecular weight excluding hydrogens is 266 g/mol. The molecule has 1 amide bonds. The second kappa shape index (κ2) is 6.39. The molecule has 0 aliphatic rings. The lowest BCUT2D eigenvalue weighted by atomic mass is 10.2. The predicted molar refractivity (Wildman–Crippen MR) is 81.5 cm³/mol. The number of nitrogens with zero attached hydrogens (tertiary/aromatic N) is 4. The molecule has 0 saturated heterocycles. The number of hydrogen-bond donors (Lipinski definition) is 1. The molecule has 21 heavy (non-hydrogen) atoms. The highest BCUT2D eigenvalue weighted by Crippen LogP contribution is 2.11. The van der Waals surface area contributed by atoms with E-state index >= 15 is 0 Å². The number of carbonyl (C=O) groups is 1. The van der Waals surface area contributed by atoms with E-state index in [4.69, 9.17) is 0 Å². The van der Waals surface area contributed by atoms with E-state index in [0.29, 0.717) is 6.54 Å². The first-order valence-corrected chi connectivity index (χ1v) is 6.98. The fourth-order valence-electron chi connectivity index (χ4n) is 2.12. The van der Waals surface area contributed by atoms with Gasteiger partial charge in [0.25, 0.3) is 0 Å². The van der Waals surface area contributed by atoms with Gasteiger partial charge in [-0.2, -0.15) is 10.2 Å². The maximum Gasteiger partial charge on any atom is 0.244 e. The van der Waals surface area contributed by atoms with E-state index in [1.807, 2.05) is 43.4 Å². The SMILES string of the molecule is CCn1cc(C=CC(=O)NCc2c(C)nn(C)c2C)cn1. The highest BCUT2D eigenvalue weighted by molar-refractivity contribution is 5.91. The molecule has 0 aliphatic heterocycles. The number of aryl methyl sites for hydroxylation is 3. The molecule has 0 spiro atoms. The summed E-state index contributed by atoms with van der Waals surface area (Å²) in [6.45, 7) is 7.27. The van der Waals surface area contributed by atoms with E-state index in [9.17, 15) is 4.79 Å². The van der Waals surface area contributed by atoms with Gasteiger partial charge < -0.3 is 5.32 Å². The van der Waals surface area contributed by atoms with Crippen molar-refractivity contribution >= 4 is 12.0 Å². The monoisotopic (exact) mass is 287 g/mol. The molecule has 6 nitrogen and oxygen atoms in total. The summed E-state index contributed by atoms with van der Waals surface area (Å²) in [5.41, 5.74) is 4.00. The van der Waals surface area contributed by atoms with Crippen LogP contribution in [0.1, 0.15) is 29.4 Å². The Labute approximate surface area is 124 Å². The summed E-state index contributed by atoms with van der Waals surface area (Å²) in [6, 6.07) is 0. The van der Waals surface area contributed by atoms with Crippen molar-refractivity contribution in [3.63, 3.8) is 0 Å². The van der Waals surface area contributed by atoms with Crippen molar-refractivity contribution in [1.82, 2.24) is 24.9 Å². The van der Waals surface area contributed by atoms with Gasteiger partial charge in [-0.25, -0.2) is 0 Å². The van der Waals surface area contributed by atoms with Crippen molar-refractivity contribution in [3.05, 3.63) is 41.0 Å². The van der Waals surface area contributed by atoms with Gasteiger partial charge in [0.2, 0.25) is 5.91 Å². The van der Waals surface area contributed by atoms with E-state index in [0.717, 1.165) is 29.1 Å². The molecule has 0 bridgehead atoms. The van der Waals surface area contributed by atoms with E-state index in [1.54, 1.807) is 12.3 Å². The molecule has 6 heteroatoms. The maximum absolute atomic E-state index is 11.8. The maximum atomic E-state index is 11.8. The third kappa shape index (κ3) is 3.59. The molecule has 0 aromatic carbocycles. The quantitative estimate of drug-likeness (QED) is 0.849. The Morgan fingerprint density at radius 1 is 1.43 bits per heavy atom. The highest BCUT2D eigenvalue weighted by Gasteiger charge is 2.09. The van der Waals surface area contributed by atoms with Crippen LogP contribution >= 0.6 is 0 Å². The van der Waals surface area contributed by atoms with Crippen molar-refractivity contribution in [3.8, 4) is 0 Å². The van der Waals surface area contributed by atoms with Crippen LogP contribution in [0.5, 0.6) is 0 Å². The Hall–Kier alpha value is -2.37. The van der Waals surface area contributed by atoms with Crippen molar-refractivity contribution < 1.29 is 4.79 Å². The lowest BCUT2D eigenvalue weighted by Crippen LogP contribution is -2.21. The number of rotatable bonds is 5. The Morgan fingerprint density at radius 3 is 2.76 bits per heavy atom. The van der Waals surface area contributed by atoms with Gasteiger partial charge in [0.05, 0.1) is 11.9 Å². The summed E-state index contributed by atoms with van der Waals surface area (Å²) >= 11 is 0. The van der Waals surface area contributed by atoms with Crippen LogP contribution in [0.4, 0.5) is 0 Å². The zero-order chi connectivity index (χ0) is 15.4. The molecule has 1 N–H and O–H groups in total. The normalized spacial score (nSPS) is 11.2. The van der Waals surface area contributed by atoms with Crippen LogP contribution < -0.4 is 5.32 Å². The third-order valence-electron chi connectivity index (χ3n) is 3.50. The topological polar surface area (TPSA) is 64.7 Å². The molecule has 112 valence electrons. The molecule has 0 radical (unpaired) electrons. The second-order valence-corrected chi connectivity index (χ2v) is 4.95. The van der Waals surface area contributed by atoms with Crippen molar-refractivity contribution in [2.45, 2.75) is 33.9 Å². The Bertz CT molecular complexity index is 666. The average Bonchev–Trinajstić information content (AvgIpc) is 3.01. The summed E-state index contributed by atoms with van der Waals surface area (Å²) in [6.07, 6.45) is 6.93. The van der Waals surface area contributed by atoms with Gasteiger partial charge in [0.15, 0.2) is 0 Å². The fraction of sp³-hybridized carbons (Fsp3) is 0.400. The molecule has 2 aromatic rings. The lowest BCUT2D eigenvalue weighted by molar-refractivity contribution is -0.116. The van der Waals surface area contributed by atoms with E-state index < -0.39 is 0 Å². The molecule has 2 heterocycles. The number of carbonyl (C=O) groups excluding carboxylic acids is 1. The zero-order valence-corrected chi connectivity index (χ0v) is 12.9. The van der Waals surface area contributed by atoms with Crippen LogP contribution in [-0.2, 0) is 24.9 Å². The number of hydrogen-bond acceptors (Lipinski definition) is 3. The summed E-state index contributed by atoms with van der Waals surface area (Å²) < 4.78 is 3.64. The van der Waals surface area contributed by atoms with E-state index in [1.165, 1.54) is 6.08 Å². The van der Waals surface area contributed by atoms with Crippen LogP contribution in [-0.4, -0.2) is 25.5 Å². The van der Waals surface area contributed by atoms with E-state index in [-0.39, 0.29) is 5.91 Å². The second-order valence-electron chi connectivity index (χ2n) is 4.95. The molecule has 0 saturated carbocycles. The van der Waals surface area contributed by atoms with Gasteiger partial charge in [0.1, 0.15) is 0 Å². The molecular formula is C15H21N5O. The van der Waals surface area contributed by atoms with Gasteiger partial charge >= 0.3 is 0 Å². The van der Waals surface area contributed by atoms with Gasteiger partial charge in [-0.1, -0.05) is 0 Å². The average molecular weight is 287 g/mol. The summed E-state index contributed by atoms with van der Waals surface area (Å²) in [4.78, 5) is 11.8. The minimum Gasteiger partial charge on any atom is -0.348 e. The van der Waals surface area contributed by atoms with Crippen LogP contribution in [0.15, 0.2) is 18.5 Å². The Kier molecular flexibility index (Phi) is 4.57. The highest BCUT2D eigenvalue weighted by atomic mass is 16.1. The fourth-order valence-corrected chi connectivity index (χ4v) is 2.12. The minimum atomic E-state index is -0.123. The molecule has 0 atom stereocenters. The van der Waals surface area contributed by atoms with Gasteiger partial charge in [-0.3, -0.25) is 14.2 Å². The van der Waals surface area contributed by atoms with Crippen molar-refractivity contribution in [2.75, 3.05) is 0 Å². The van der Waals surface area contributed by atoms with Gasteiger partial charge in [-0.15, -0.1) is 0 Å². The Morgan fingerprint density at radius 2 is 2.19 bits per heavy atom. The van der Waals surface area contributed by atoms with Crippen LogP contribution in [0.3, 0.4) is 0 Å². The predicted octanol–water partition coefficient (Wildman–Crippen LogP) is 1.58. The van der Waals surface area contributed by atoms with Gasteiger partial charge in [-0.05, 0) is 26.8 Å². The number of amides is 1. The molecule has 2 rings (SSSR count).